The molecular weight excluding hydrogens is 255 g/mol. The van der Waals surface area contributed by atoms with Gasteiger partial charge in [-0.05, 0) is 43.7 Å². The van der Waals surface area contributed by atoms with Gasteiger partial charge in [-0.1, -0.05) is 19.1 Å². The number of aryl methyl sites for hydroxylation is 2. The molecule has 20 heavy (non-hydrogen) atoms. The number of nitrogens with zero attached hydrogens (tertiary/aromatic N) is 1. The Morgan fingerprint density at radius 2 is 2.05 bits per heavy atom. The molecule has 0 aliphatic carbocycles. The number of aromatic nitrogens is 1. The molecule has 2 rings (SSSR count). The first-order valence-electron chi connectivity index (χ1n) is 6.70. The highest BCUT2D eigenvalue weighted by Crippen LogP contribution is 2.27. The third-order valence-corrected chi connectivity index (χ3v) is 3.01. The molecule has 4 heteroatoms. The molecule has 0 unspecified atom stereocenters. The SMILES string of the molecule is CCNCc1cc(F)cnc1Oc1cc(C)ccc1C. The van der Waals surface area contributed by atoms with E-state index in [1.165, 1.54) is 12.3 Å². The fourth-order valence-electron chi connectivity index (χ4n) is 1.87. The highest BCUT2D eigenvalue weighted by Gasteiger charge is 2.10. The Morgan fingerprint density at radius 3 is 2.80 bits per heavy atom. The summed E-state index contributed by atoms with van der Waals surface area (Å²) in [5, 5.41) is 3.16. The summed E-state index contributed by atoms with van der Waals surface area (Å²) in [6.45, 7) is 7.31. The van der Waals surface area contributed by atoms with E-state index < -0.39 is 0 Å². The number of hydrogen-bond acceptors (Lipinski definition) is 3. The first-order chi connectivity index (χ1) is 9.60. The van der Waals surface area contributed by atoms with Crippen molar-refractivity contribution >= 4 is 0 Å². The van der Waals surface area contributed by atoms with Gasteiger partial charge in [0, 0.05) is 12.1 Å². The van der Waals surface area contributed by atoms with Crippen LogP contribution in [0.2, 0.25) is 0 Å². The Hall–Kier alpha value is -1.94. The summed E-state index contributed by atoms with van der Waals surface area (Å²) in [7, 11) is 0. The first kappa shape index (κ1) is 14.5. The van der Waals surface area contributed by atoms with Crippen LogP contribution in [0.25, 0.3) is 0 Å². The summed E-state index contributed by atoms with van der Waals surface area (Å²) >= 11 is 0. The molecule has 0 amide bonds. The molecule has 0 radical (unpaired) electrons. The highest BCUT2D eigenvalue weighted by atomic mass is 19.1. The van der Waals surface area contributed by atoms with Crippen LogP contribution in [0.5, 0.6) is 11.6 Å². The summed E-state index contributed by atoms with van der Waals surface area (Å²) < 4.78 is 19.2. The molecule has 1 N–H and O–H groups in total. The summed E-state index contributed by atoms with van der Waals surface area (Å²) in [6.07, 6.45) is 1.18. The Balaban J connectivity index is 2.30. The lowest BCUT2D eigenvalue weighted by Crippen LogP contribution is -2.13. The van der Waals surface area contributed by atoms with Gasteiger partial charge in [0.2, 0.25) is 5.88 Å². The maximum absolute atomic E-state index is 13.3. The van der Waals surface area contributed by atoms with Crippen LogP contribution in [0, 0.1) is 19.7 Å². The van der Waals surface area contributed by atoms with Crippen molar-refractivity contribution in [1.29, 1.82) is 0 Å². The van der Waals surface area contributed by atoms with Gasteiger partial charge in [-0.25, -0.2) is 9.37 Å². The van der Waals surface area contributed by atoms with Crippen LogP contribution in [0.1, 0.15) is 23.6 Å². The second kappa shape index (κ2) is 6.48. The van der Waals surface area contributed by atoms with E-state index in [1.807, 2.05) is 39.0 Å². The van der Waals surface area contributed by atoms with Crippen molar-refractivity contribution in [2.45, 2.75) is 27.3 Å². The summed E-state index contributed by atoms with van der Waals surface area (Å²) in [4.78, 5) is 4.06. The van der Waals surface area contributed by atoms with Crippen molar-refractivity contribution in [2.24, 2.45) is 0 Å². The van der Waals surface area contributed by atoms with E-state index in [0.29, 0.717) is 18.0 Å². The van der Waals surface area contributed by atoms with Gasteiger partial charge >= 0.3 is 0 Å². The topological polar surface area (TPSA) is 34.2 Å². The van der Waals surface area contributed by atoms with Gasteiger partial charge in [-0.3, -0.25) is 0 Å². The van der Waals surface area contributed by atoms with E-state index in [0.717, 1.165) is 23.4 Å². The number of rotatable bonds is 5. The van der Waals surface area contributed by atoms with Crippen molar-refractivity contribution in [1.82, 2.24) is 10.3 Å². The lowest BCUT2D eigenvalue weighted by atomic mass is 10.1. The van der Waals surface area contributed by atoms with Crippen LogP contribution in [-0.2, 0) is 6.54 Å². The third-order valence-electron chi connectivity index (χ3n) is 3.01. The Morgan fingerprint density at radius 1 is 1.25 bits per heavy atom. The molecule has 0 spiro atoms. The molecule has 2 aromatic rings. The van der Waals surface area contributed by atoms with E-state index in [1.54, 1.807) is 0 Å². The van der Waals surface area contributed by atoms with E-state index >= 15 is 0 Å². The van der Waals surface area contributed by atoms with E-state index in [4.69, 9.17) is 4.74 Å². The fourth-order valence-corrected chi connectivity index (χ4v) is 1.87. The predicted molar refractivity (Wildman–Crippen MR) is 77.6 cm³/mol. The van der Waals surface area contributed by atoms with Gasteiger partial charge < -0.3 is 10.1 Å². The summed E-state index contributed by atoms with van der Waals surface area (Å²) in [5.74, 6) is 0.842. The average Bonchev–Trinajstić information content (AvgIpc) is 2.43. The summed E-state index contributed by atoms with van der Waals surface area (Å²) in [5.41, 5.74) is 2.85. The highest BCUT2D eigenvalue weighted by molar-refractivity contribution is 5.40. The van der Waals surface area contributed by atoms with Crippen LogP contribution in [0.4, 0.5) is 4.39 Å². The maximum atomic E-state index is 13.3. The second-order valence-corrected chi connectivity index (χ2v) is 4.77. The number of halogens is 1. The van der Waals surface area contributed by atoms with Gasteiger partial charge in [-0.2, -0.15) is 0 Å². The van der Waals surface area contributed by atoms with Crippen LogP contribution < -0.4 is 10.1 Å². The average molecular weight is 274 g/mol. The zero-order valence-corrected chi connectivity index (χ0v) is 12.0. The number of pyridine rings is 1. The lowest BCUT2D eigenvalue weighted by molar-refractivity contribution is 0.445. The number of ether oxygens (including phenoxy) is 1. The largest absolute Gasteiger partial charge is 0.438 e. The smallest absolute Gasteiger partial charge is 0.223 e. The van der Waals surface area contributed by atoms with E-state index in [2.05, 4.69) is 10.3 Å². The van der Waals surface area contributed by atoms with Gasteiger partial charge in [0.15, 0.2) is 0 Å². The molecule has 0 saturated carbocycles. The van der Waals surface area contributed by atoms with Crippen LogP contribution >= 0.6 is 0 Å². The zero-order chi connectivity index (χ0) is 14.5. The minimum absolute atomic E-state index is 0.355. The van der Waals surface area contributed by atoms with Gasteiger partial charge in [-0.15, -0.1) is 0 Å². The zero-order valence-electron chi connectivity index (χ0n) is 12.0. The second-order valence-electron chi connectivity index (χ2n) is 4.77. The molecule has 0 bridgehead atoms. The number of benzene rings is 1. The Bertz CT molecular complexity index is 599. The normalized spacial score (nSPS) is 10.6. The standard InChI is InChI=1S/C16H19FN2O/c1-4-18-9-13-8-14(17)10-19-16(13)20-15-7-11(2)5-6-12(15)3/h5-8,10,18H,4,9H2,1-3H3. The lowest BCUT2D eigenvalue weighted by Gasteiger charge is -2.12. The Kier molecular flexibility index (Phi) is 4.69. The predicted octanol–water partition coefficient (Wildman–Crippen LogP) is 3.74. The molecule has 106 valence electrons. The fraction of sp³-hybridized carbons (Fsp3) is 0.312. The van der Waals surface area contributed by atoms with E-state index in [-0.39, 0.29) is 5.82 Å². The minimum atomic E-state index is -0.355. The van der Waals surface area contributed by atoms with Crippen molar-refractivity contribution in [2.75, 3.05) is 6.54 Å². The van der Waals surface area contributed by atoms with Crippen molar-refractivity contribution < 1.29 is 9.13 Å². The molecule has 0 atom stereocenters. The molecule has 0 aliphatic rings. The van der Waals surface area contributed by atoms with Crippen LogP contribution in [0.3, 0.4) is 0 Å². The first-order valence-corrected chi connectivity index (χ1v) is 6.70. The van der Waals surface area contributed by atoms with Crippen LogP contribution in [-0.4, -0.2) is 11.5 Å². The van der Waals surface area contributed by atoms with Crippen molar-refractivity contribution in [3.63, 3.8) is 0 Å². The number of hydrogen-bond donors (Lipinski definition) is 1. The molecule has 0 fully saturated rings. The molecule has 0 aliphatic heterocycles. The number of nitrogens with one attached hydrogen (secondary N) is 1. The molecule has 0 saturated heterocycles. The molecule has 1 aromatic carbocycles. The van der Waals surface area contributed by atoms with Gasteiger partial charge in [0.1, 0.15) is 11.6 Å². The van der Waals surface area contributed by atoms with Gasteiger partial charge in [0.25, 0.3) is 0 Å². The monoisotopic (exact) mass is 274 g/mol. The molecule has 1 heterocycles. The van der Waals surface area contributed by atoms with Crippen molar-refractivity contribution in [3.8, 4) is 11.6 Å². The molecular formula is C16H19FN2O. The van der Waals surface area contributed by atoms with Crippen LogP contribution in [0.15, 0.2) is 30.5 Å². The quantitative estimate of drug-likeness (QED) is 0.902. The van der Waals surface area contributed by atoms with Gasteiger partial charge in [0.05, 0.1) is 6.20 Å². The molecule has 3 nitrogen and oxygen atoms in total. The maximum Gasteiger partial charge on any atom is 0.223 e. The van der Waals surface area contributed by atoms with E-state index in [9.17, 15) is 4.39 Å². The van der Waals surface area contributed by atoms with Crippen molar-refractivity contribution in [3.05, 3.63) is 53.0 Å². The minimum Gasteiger partial charge on any atom is -0.438 e. The third kappa shape index (κ3) is 3.54. The molecule has 1 aromatic heterocycles. The summed E-state index contributed by atoms with van der Waals surface area (Å²) in [6, 6.07) is 7.44. The Labute approximate surface area is 118 Å².